The third kappa shape index (κ3) is 3.17. The van der Waals surface area contributed by atoms with Crippen LogP contribution in [0.25, 0.3) is 0 Å². The van der Waals surface area contributed by atoms with Crippen LogP contribution in [0.5, 0.6) is 0 Å². The van der Waals surface area contributed by atoms with Crippen molar-refractivity contribution in [3.8, 4) is 0 Å². The molecule has 0 bridgehead atoms. The van der Waals surface area contributed by atoms with Crippen LogP contribution in [0.1, 0.15) is 31.7 Å². The van der Waals surface area contributed by atoms with Crippen LogP contribution in [-0.4, -0.2) is 17.6 Å². The molecule has 1 aromatic rings. The highest BCUT2D eigenvalue weighted by Crippen LogP contribution is 2.25. The maximum Gasteiger partial charge on any atom is 0.141 e. The van der Waals surface area contributed by atoms with Gasteiger partial charge in [0.25, 0.3) is 0 Å². The molecule has 4 heteroatoms. The van der Waals surface area contributed by atoms with Gasteiger partial charge < -0.3 is 10.6 Å². The SMILES string of the molecule is CCCNCc1cc(F)cnc1NC1CC1. The molecule has 1 aliphatic rings. The molecule has 2 rings (SSSR count). The minimum atomic E-state index is -0.269. The lowest BCUT2D eigenvalue weighted by molar-refractivity contribution is 0.612. The normalized spacial score (nSPS) is 15.1. The number of rotatable bonds is 6. The Bertz CT molecular complexity index is 350. The van der Waals surface area contributed by atoms with Gasteiger partial charge in [0.1, 0.15) is 11.6 Å². The molecule has 3 nitrogen and oxygen atoms in total. The van der Waals surface area contributed by atoms with E-state index >= 15 is 0 Å². The Kier molecular flexibility index (Phi) is 3.72. The largest absolute Gasteiger partial charge is 0.367 e. The van der Waals surface area contributed by atoms with Crippen LogP contribution in [-0.2, 0) is 6.54 Å². The number of hydrogen-bond donors (Lipinski definition) is 2. The molecule has 1 heterocycles. The Morgan fingerprint density at radius 3 is 3.00 bits per heavy atom. The van der Waals surface area contributed by atoms with Crippen molar-refractivity contribution in [3.05, 3.63) is 23.6 Å². The molecule has 1 saturated carbocycles. The number of hydrogen-bond acceptors (Lipinski definition) is 3. The second-order valence-corrected chi connectivity index (χ2v) is 4.26. The predicted octanol–water partition coefficient (Wildman–Crippen LogP) is 2.29. The molecule has 1 aliphatic carbocycles. The summed E-state index contributed by atoms with van der Waals surface area (Å²) >= 11 is 0. The van der Waals surface area contributed by atoms with Gasteiger partial charge in [0.2, 0.25) is 0 Å². The topological polar surface area (TPSA) is 37.0 Å². The van der Waals surface area contributed by atoms with Gasteiger partial charge >= 0.3 is 0 Å². The van der Waals surface area contributed by atoms with Crippen LogP contribution in [0.2, 0.25) is 0 Å². The maximum absolute atomic E-state index is 13.1. The lowest BCUT2D eigenvalue weighted by Crippen LogP contribution is -2.16. The summed E-state index contributed by atoms with van der Waals surface area (Å²) in [6, 6.07) is 2.10. The minimum absolute atomic E-state index is 0.269. The van der Waals surface area contributed by atoms with E-state index in [1.165, 1.54) is 19.0 Å². The van der Waals surface area contributed by atoms with Crippen LogP contribution in [0.15, 0.2) is 12.3 Å². The molecule has 0 unspecified atom stereocenters. The molecule has 0 radical (unpaired) electrons. The van der Waals surface area contributed by atoms with Gasteiger partial charge in [-0.1, -0.05) is 6.92 Å². The summed E-state index contributed by atoms with van der Waals surface area (Å²) in [4.78, 5) is 4.11. The molecule has 16 heavy (non-hydrogen) atoms. The zero-order valence-electron chi connectivity index (χ0n) is 9.59. The molecule has 1 fully saturated rings. The smallest absolute Gasteiger partial charge is 0.141 e. The summed E-state index contributed by atoms with van der Waals surface area (Å²) in [5.41, 5.74) is 0.917. The second kappa shape index (κ2) is 5.25. The first kappa shape index (κ1) is 11.3. The van der Waals surface area contributed by atoms with Crippen LogP contribution in [0.4, 0.5) is 10.2 Å². The number of anilines is 1. The molecule has 0 atom stereocenters. The molecule has 0 saturated heterocycles. The first-order chi connectivity index (χ1) is 7.79. The quantitative estimate of drug-likeness (QED) is 0.727. The summed E-state index contributed by atoms with van der Waals surface area (Å²) in [5.74, 6) is 0.558. The Labute approximate surface area is 95.5 Å². The van der Waals surface area contributed by atoms with Crippen molar-refractivity contribution >= 4 is 5.82 Å². The van der Waals surface area contributed by atoms with E-state index in [4.69, 9.17) is 0 Å². The van der Waals surface area contributed by atoms with E-state index in [2.05, 4.69) is 22.5 Å². The van der Waals surface area contributed by atoms with Gasteiger partial charge in [-0.25, -0.2) is 9.37 Å². The van der Waals surface area contributed by atoms with Crippen LogP contribution in [0, 0.1) is 5.82 Å². The first-order valence-corrected chi connectivity index (χ1v) is 5.91. The van der Waals surface area contributed by atoms with Gasteiger partial charge in [0.15, 0.2) is 0 Å². The number of pyridine rings is 1. The van der Waals surface area contributed by atoms with Crippen molar-refractivity contribution in [3.63, 3.8) is 0 Å². The molecule has 88 valence electrons. The van der Waals surface area contributed by atoms with E-state index in [-0.39, 0.29) is 5.82 Å². The van der Waals surface area contributed by atoms with Gasteiger partial charge in [0.05, 0.1) is 6.20 Å². The molecule has 1 aromatic heterocycles. The number of aromatic nitrogens is 1. The number of halogens is 1. The fraction of sp³-hybridized carbons (Fsp3) is 0.583. The van der Waals surface area contributed by atoms with Crippen molar-refractivity contribution in [2.45, 2.75) is 38.8 Å². The van der Waals surface area contributed by atoms with E-state index in [1.54, 1.807) is 6.07 Å². The molecular weight excluding hydrogens is 205 g/mol. The highest BCUT2D eigenvalue weighted by molar-refractivity contribution is 5.45. The summed E-state index contributed by atoms with van der Waals surface area (Å²) < 4.78 is 13.1. The van der Waals surface area contributed by atoms with E-state index < -0.39 is 0 Å². The van der Waals surface area contributed by atoms with Gasteiger partial charge in [-0.3, -0.25) is 0 Å². The predicted molar refractivity (Wildman–Crippen MR) is 62.8 cm³/mol. The average molecular weight is 223 g/mol. The van der Waals surface area contributed by atoms with Crippen LogP contribution in [0.3, 0.4) is 0 Å². The van der Waals surface area contributed by atoms with E-state index in [9.17, 15) is 4.39 Å². The number of nitrogens with one attached hydrogen (secondary N) is 2. The monoisotopic (exact) mass is 223 g/mol. The summed E-state index contributed by atoms with van der Waals surface area (Å²) in [7, 11) is 0. The standard InChI is InChI=1S/C12H18FN3/c1-2-5-14-7-9-6-10(13)8-15-12(9)16-11-3-4-11/h6,8,11,14H,2-5,7H2,1H3,(H,15,16). The van der Waals surface area contributed by atoms with Crippen molar-refractivity contribution in [1.82, 2.24) is 10.3 Å². The van der Waals surface area contributed by atoms with Gasteiger partial charge in [-0.2, -0.15) is 0 Å². The van der Waals surface area contributed by atoms with Crippen molar-refractivity contribution in [1.29, 1.82) is 0 Å². The van der Waals surface area contributed by atoms with Crippen molar-refractivity contribution in [2.75, 3.05) is 11.9 Å². The summed E-state index contributed by atoms with van der Waals surface area (Å²) in [6.45, 7) is 3.73. The fourth-order valence-corrected chi connectivity index (χ4v) is 1.57. The van der Waals surface area contributed by atoms with E-state index in [0.717, 1.165) is 24.3 Å². The third-order valence-electron chi connectivity index (χ3n) is 2.59. The molecular formula is C12H18FN3. The summed E-state index contributed by atoms with van der Waals surface area (Å²) in [5, 5.41) is 6.59. The Morgan fingerprint density at radius 1 is 1.50 bits per heavy atom. The van der Waals surface area contributed by atoms with Gasteiger partial charge in [-0.05, 0) is 31.9 Å². The van der Waals surface area contributed by atoms with Crippen molar-refractivity contribution < 1.29 is 4.39 Å². The van der Waals surface area contributed by atoms with E-state index in [1.807, 2.05) is 0 Å². The fourth-order valence-electron chi connectivity index (χ4n) is 1.57. The van der Waals surface area contributed by atoms with Crippen LogP contribution >= 0.6 is 0 Å². The highest BCUT2D eigenvalue weighted by Gasteiger charge is 2.22. The van der Waals surface area contributed by atoms with Crippen molar-refractivity contribution in [2.24, 2.45) is 0 Å². The zero-order valence-corrected chi connectivity index (χ0v) is 9.59. The first-order valence-electron chi connectivity index (χ1n) is 5.91. The lowest BCUT2D eigenvalue weighted by atomic mass is 10.2. The molecule has 0 aromatic carbocycles. The Morgan fingerprint density at radius 2 is 2.31 bits per heavy atom. The molecule has 0 amide bonds. The molecule has 0 aliphatic heterocycles. The van der Waals surface area contributed by atoms with Gasteiger partial charge in [-0.15, -0.1) is 0 Å². The minimum Gasteiger partial charge on any atom is -0.367 e. The van der Waals surface area contributed by atoms with Gasteiger partial charge in [0, 0.05) is 18.2 Å². The Hall–Kier alpha value is -1.16. The number of nitrogens with zero attached hydrogens (tertiary/aromatic N) is 1. The second-order valence-electron chi connectivity index (χ2n) is 4.26. The third-order valence-corrected chi connectivity index (χ3v) is 2.59. The van der Waals surface area contributed by atoms with E-state index in [0.29, 0.717) is 12.6 Å². The zero-order chi connectivity index (χ0) is 11.4. The summed E-state index contributed by atoms with van der Waals surface area (Å²) in [6.07, 6.45) is 4.74. The average Bonchev–Trinajstić information content (AvgIpc) is 3.06. The lowest BCUT2D eigenvalue weighted by Gasteiger charge is -2.10. The highest BCUT2D eigenvalue weighted by atomic mass is 19.1. The maximum atomic E-state index is 13.1. The molecule has 2 N–H and O–H groups in total. The van der Waals surface area contributed by atoms with Crippen LogP contribution < -0.4 is 10.6 Å². The Balaban J connectivity index is 2.02. The molecule has 0 spiro atoms.